The highest BCUT2D eigenvalue weighted by molar-refractivity contribution is 5.70. The van der Waals surface area contributed by atoms with E-state index in [1.54, 1.807) is 30.3 Å². The Bertz CT molecular complexity index is 498. The van der Waals surface area contributed by atoms with E-state index in [-0.39, 0.29) is 11.5 Å². The third kappa shape index (κ3) is 2.64. The van der Waals surface area contributed by atoms with E-state index in [2.05, 4.69) is 0 Å². The first-order valence-electron chi connectivity index (χ1n) is 5.00. The zero-order valence-corrected chi connectivity index (χ0v) is 8.67. The fraction of sp³-hybridized carbons (Fsp3) is 0. The molecule has 0 aliphatic rings. The minimum absolute atomic E-state index is 0.257. The quantitative estimate of drug-likeness (QED) is 0.750. The maximum Gasteiger partial charge on any atom is 0.116 e. The molecule has 80 valence electrons. The number of phenolic OH excluding ortho intramolecular Hbond substituents is 2. The van der Waals surface area contributed by atoms with Crippen molar-refractivity contribution in [3.05, 3.63) is 59.7 Å². The van der Waals surface area contributed by atoms with Crippen LogP contribution in [0.1, 0.15) is 11.1 Å². The summed E-state index contributed by atoms with van der Waals surface area (Å²) in [6.45, 7) is 0. The molecule has 2 aromatic carbocycles. The zero-order chi connectivity index (χ0) is 11.4. The molecular weight excluding hydrogens is 200 g/mol. The summed E-state index contributed by atoms with van der Waals surface area (Å²) in [5.74, 6) is 0.516. The van der Waals surface area contributed by atoms with Crippen molar-refractivity contribution < 1.29 is 10.2 Å². The summed E-state index contributed by atoms with van der Waals surface area (Å²) >= 11 is 0. The molecule has 16 heavy (non-hydrogen) atoms. The molecule has 0 unspecified atom stereocenters. The van der Waals surface area contributed by atoms with Gasteiger partial charge in [-0.2, -0.15) is 0 Å². The Balaban J connectivity index is 2.18. The Morgan fingerprint density at radius 1 is 0.688 bits per heavy atom. The van der Waals surface area contributed by atoms with Crippen LogP contribution in [0, 0.1) is 0 Å². The van der Waals surface area contributed by atoms with Crippen molar-refractivity contribution in [1.29, 1.82) is 0 Å². The summed E-state index contributed by atoms with van der Waals surface area (Å²) in [6.07, 6.45) is 3.83. The second-order valence-electron chi connectivity index (χ2n) is 3.52. The molecule has 2 nitrogen and oxygen atoms in total. The number of phenols is 2. The first-order chi connectivity index (χ1) is 7.74. The van der Waals surface area contributed by atoms with Gasteiger partial charge >= 0.3 is 0 Å². The first kappa shape index (κ1) is 10.3. The van der Waals surface area contributed by atoms with Gasteiger partial charge < -0.3 is 10.2 Å². The third-order valence-corrected chi connectivity index (χ3v) is 2.23. The Hall–Kier alpha value is -2.22. The molecule has 0 fully saturated rings. The number of hydrogen-bond donors (Lipinski definition) is 2. The van der Waals surface area contributed by atoms with Gasteiger partial charge in [0.25, 0.3) is 0 Å². The summed E-state index contributed by atoms with van der Waals surface area (Å²) in [6, 6.07) is 14.0. The van der Waals surface area contributed by atoms with Crippen molar-refractivity contribution in [3.63, 3.8) is 0 Å². The van der Waals surface area contributed by atoms with Gasteiger partial charge in [-0.3, -0.25) is 0 Å². The monoisotopic (exact) mass is 212 g/mol. The van der Waals surface area contributed by atoms with Gasteiger partial charge in [0.15, 0.2) is 0 Å². The van der Waals surface area contributed by atoms with Gasteiger partial charge in [-0.15, -0.1) is 0 Å². The predicted molar refractivity (Wildman–Crippen MR) is 65.1 cm³/mol. The molecule has 0 spiro atoms. The lowest BCUT2D eigenvalue weighted by Gasteiger charge is -1.96. The largest absolute Gasteiger partial charge is 0.508 e. The zero-order valence-electron chi connectivity index (χ0n) is 8.67. The van der Waals surface area contributed by atoms with Crippen LogP contribution in [0.3, 0.4) is 0 Å². The van der Waals surface area contributed by atoms with E-state index in [9.17, 15) is 5.11 Å². The molecular formula is C14H12O2. The molecule has 0 atom stereocenters. The highest BCUT2D eigenvalue weighted by Gasteiger charge is 1.90. The van der Waals surface area contributed by atoms with Gasteiger partial charge in [0, 0.05) is 0 Å². The molecule has 2 heteroatoms. The molecule has 2 N–H and O–H groups in total. The third-order valence-electron chi connectivity index (χ3n) is 2.23. The van der Waals surface area contributed by atoms with Crippen LogP contribution in [0.5, 0.6) is 11.5 Å². The molecule has 2 rings (SSSR count). The lowest BCUT2D eigenvalue weighted by Crippen LogP contribution is -1.73. The average Bonchev–Trinajstić information content (AvgIpc) is 2.28. The highest BCUT2D eigenvalue weighted by Crippen LogP contribution is 2.15. The topological polar surface area (TPSA) is 40.5 Å². The van der Waals surface area contributed by atoms with Crippen LogP contribution >= 0.6 is 0 Å². The Morgan fingerprint density at radius 2 is 1.38 bits per heavy atom. The number of benzene rings is 2. The van der Waals surface area contributed by atoms with Crippen molar-refractivity contribution in [2.24, 2.45) is 0 Å². The van der Waals surface area contributed by atoms with Crippen molar-refractivity contribution in [3.8, 4) is 11.5 Å². The molecule has 0 amide bonds. The van der Waals surface area contributed by atoms with Gasteiger partial charge in [0.1, 0.15) is 11.5 Å². The SMILES string of the molecule is Oc1ccc(/C=C\c2cccc(O)c2)cc1. The molecule has 0 aliphatic carbocycles. The van der Waals surface area contributed by atoms with Crippen LogP contribution in [0.25, 0.3) is 12.2 Å². The number of aromatic hydroxyl groups is 2. The first-order valence-corrected chi connectivity index (χ1v) is 5.00. The van der Waals surface area contributed by atoms with E-state index in [0.29, 0.717) is 0 Å². The minimum Gasteiger partial charge on any atom is -0.508 e. The van der Waals surface area contributed by atoms with Crippen molar-refractivity contribution in [2.75, 3.05) is 0 Å². The smallest absolute Gasteiger partial charge is 0.116 e. The molecule has 0 heterocycles. The molecule has 2 aromatic rings. The van der Waals surface area contributed by atoms with E-state index < -0.39 is 0 Å². The molecule has 0 radical (unpaired) electrons. The maximum absolute atomic E-state index is 9.28. The fourth-order valence-corrected chi connectivity index (χ4v) is 1.41. The van der Waals surface area contributed by atoms with Crippen LogP contribution in [0.15, 0.2) is 48.5 Å². The van der Waals surface area contributed by atoms with Gasteiger partial charge in [0.05, 0.1) is 0 Å². The van der Waals surface area contributed by atoms with Crippen LogP contribution in [0.4, 0.5) is 0 Å². The van der Waals surface area contributed by atoms with Crippen LogP contribution in [-0.2, 0) is 0 Å². The summed E-state index contributed by atoms with van der Waals surface area (Å²) in [5, 5.41) is 18.4. The fourth-order valence-electron chi connectivity index (χ4n) is 1.41. The van der Waals surface area contributed by atoms with Gasteiger partial charge in [-0.25, -0.2) is 0 Å². The van der Waals surface area contributed by atoms with E-state index in [4.69, 9.17) is 5.11 Å². The molecule has 0 bridgehead atoms. The molecule has 0 saturated heterocycles. The lowest BCUT2D eigenvalue weighted by atomic mass is 10.1. The second kappa shape index (κ2) is 4.53. The molecule has 0 aliphatic heterocycles. The number of hydrogen-bond acceptors (Lipinski definition) is 2. The highest BCUT2D eigenvalue weighted by atomic mass is 16.3. The summed E-state index contributed by atoms with van der Waals surface area (Å²) in [5.41, 5.74) is 1.94. The predicted octanol–water partition coefficient (Wildman–Crippen LogP) is 3.27. The standard InChI is InChI=1S/C14H12O2/c15-13-8-6-11(7-9-13)4-5-12-2-1-3-14(16)10-12/h1-10,15-16H/b5-4-. The lowest BCUT2D eigenvalue weighted by molar-refractivity contribution is 0.474. The number of rotatable bonds is 2. The van der Waals surface area contributed by atoms with Gasteiger partial charge in [-0.05, 0) is 35.4 Å². The van der Waals surface area contributed by atoms with Gasteiger partial charge in [0.2, 0.25) is 0 Å². The van der Waals surface area contributed by atoms with Crippen molar-refractivity contribution >= 4 is 12.2 Å². The van der Waals surface area contributed by atoms with Crippen LogP contribution in [0.2, 0.25) is 0 Å². The Morgan fingerprint density at radius 3 is 2.06 bits per heavy atom. The summed E-state index contributed by atoms with van der Waals surface area (Å²) < 4.78 is 0. The van der Waals surface area contributed by atoms with Crippen LogP contribution < -0.4 is 0 Å². The van der Waals surface area contributed by atoms with E-state index in [1.807, 2.05) is 30.4 Å². The van der Waals surface area contributed by atoms with Gasteiger partial charge in [-0.1, -0.05) is 36.4 Å². The normalized spacial score (nSPS) is 10.8. The van der Waals surface area contributed by atoms with E-state index in [1.165, 1.54) is 0 Å². The van der Waals surface area contributed by atoms with E-state index >= 15 is 0 Å². The molecule has 0 aromatic heterocycles. The second-order valence-corrected chi connectivity index (χ2v) is 3.52. The van der Waals surface area contributed by atoms with Crippen molar-refractivity contribution in [1.82, 2.24) is 0 Å². The maximum atomic E-state index is 9.28. The average molecular weight is 212 g/mol. The van der Waals surface area contributed by atoms with E-state index in [0.717, 1.165) is 11.1 Å². The van der Waals surface area contributed by atoms with Crippen LogP contribution in [-0.4, -0.2) is 10.2 Å². The Kier molecular flexibility index (Phi) is 2.92. The Labute approximate surface area is 94.1 Å². The summed E-state index contributed by atoms with van der Waals surface area (Å²) in [7, 11) is 0. The minimum atomic E-state index is 0.257. The molecule has 0 saturated carbocycles. The van der Waals surface area contributed by atoms with Crippen molar-refractivity contribution in [2.45, 2.75) is 0 Å². The summed E-state index contributed by atoms with van der Waals surface area (Å²) in [4.78, 5) is 0.